The van der Waals surface area contributed by atoms with Crippen molar-refractivity contribution in [3.05, 3.63) is 30.5 Å². The number of carbonyl (C=O) groups excluding carboxylic acids is 2. The van der Waals surface area contributed by atoms with E-state index in [4.69, 9.17) is 15.1 Å². The van der Waals surface area contributed by atoms with E-state index in [2.05, 4.69) is 32.5 Å². The number of primary amides is 1. The molecular weight excluding hydrogens is 504 g/mol. The van der Waals surface area contributed by atoms with E-state index in [0.717, 1.165) is 54.0 Å². The molecule has 38 heavy (non-hydrogen) atoms. The van der Waals surface area contributed by atoms with Gasteiger partial charge in [0.05, 0.1) is 41.6 Å². The number of anilines is 1. The van der Waals surface area contributed by atoms with Crippen LogP contribution in [-0.4, -0.2) is 84.0 Å². The molecule has 1 saturated carbocycles. The van der Waals surface area contributed by atoms with Crippen LogP contribution in [0.1, 0.15) is 25.5 Å². The summed E-state index contributed by atoms with van der Waals surface area (Å²) in [6.45, 7) is 7.37. The standard InChI is InChI=1S/C25H32N10O2S/c1-14-4-3-5-33(9-14)12-17-21-22(23(21)38-32-17)31-24-25-28-7-18(35(25)10-15(2)30-24)16-6-29-34(11-16)13-20(37)27-8-19(26)36/h6-7,10-11,14,21-23H,3-5,8-9,12-13H2,1-2H3,(H2,26,36)(H,27,37)(H,30,31). The minimum atomic E-state index is -0.591. The lowest BCUT2D eigenvalue weighted by Crippen LogP contribution is -2.38. The van der Waals surface area contributed by atoms with Gasteiger partial charge in [-0.25, -0.2) is 14.4 Å². The SMILES string of the molecule is Cc1cn2c(-c3cnn(CC(=O)NCC(N)=O)c3)cnc2c(NC2C3SN=C(CN4CCCC(C)C4)C23)n1. The summed E-state index contributed by atoms with van der Waals surface area (Å²) in [5, 5.41) is 10.9. The number of nitrogens with zero attached hydrogens (tertiary/aromatic N) is 7. The Labute approximate surface area is 224 Å². The topological polar surface area (TPSA) is 148 Å². The zero-order valence-corrected chi connectivity index (χ0v) is 22.3. The predicted molar refractivity (Wildman–Crippen MR) is 146 cm³/mol. The van der Waals surface area contributed by atoms with E-state index in [9.17, 15) is 9.59 Å². The van der Waals surface area contributed by atoms with Crippen molar-refractivity contribution < 1.29 is 9.59 Å². The van der Waals surface area contributed by atoms with Crippen LogP contribution < -0.4 is 16.4 Å². The number of hydrogen-bond donors (Lipinski definition) is 3. The molecule has 0 radical (unpaired) electrons. The first kappa shape index (κ1) is 24.9. The van der Waals surface area contributed by atoms with Gasteiger partial charge in [0.1, 0.15) is 6.54 Å². The second kappa shape index (κ2) is 10.0. The van der Waals surface area contributed by atoms with Crippen LogP contribution in [-0.2, 0) is 16.1 Å². The lowest BCUT2D eigenvalue weighted by molar-refractivity contribution is -0.125. The van der Waals surface area contributed by atoms with Crippen molar-refractivity contribution in [1.29, 1.82) is 0 Å². The van der Waals surface area contributed by atoms with Gasteiger partial charge < -0.3 is 16.4 Å². The van der Waals surface area contributed by atoms with Gasteiger partial charge in [0.15, 0.2) is 11.5 Å². The molecular formula is C25H32N10O2S. The van der Waals surface area contributed by atoms with Crippen molar-refractivity contribution in [3.8, 4) is 11.3 Å². The van der Waals surface area contributed by atoms with Gasteiger partial charge in [0.2, 0.25) is 11.8 Å². The third kappa shape index (κ3) is 4.99. The smallest absolute Gasteiger partial charge is 0.242 e. The average Bonchev–Trinajstić information content (AvgIpc) is 3.25. The Balaban J connectivity index is 1.15. The Morgan fingerprint density at radius 2 is 2.13 bits per heavy atom. The fourth-order valence-corrected chi connectivity index (χ4v) is 6.69. The number of hydrogen-bond acceptors (Lipinski definition) is 9. The van der Waals surface area contributed by atoms with Crippen LogP contribution in [0, 0.1) is 18.8 Å². The Hall–Kier alpha value is -3.45. The Kier molecular flexibility index (Phi) is 6.56. The molecule has 2 fully saturated rings. The van der Waals surface area contributed by atoms with Gasteiger partial charge in [0.25, 0.3) is 0 Å². The normalized spacial score (nSPS) is 24.7. The predicted octanol–water partition coefficient (Wildman–Crippen LogP) is 1.12. The quantitative estimate of drug-likeness (QED) is 0.345. The number of carbonyl (C=O) groups is 2. The van der Waals surface area contributed by atoms with E-state index < -0.39 is 5.91 Å². The summed E-state index contributed by atoms with van der Waals surface area (Å²) in [6, 6.07) is 0.301. The molecule has 4 unspecified atom stereocenters. The van der Waals surface area contributed by atoms with Crippen molar-refractivity contribution in [2.75, 3.05) is 31.5 Å². The summed E-state index contributed by atoms with van der Waals surface area (Å²) in [7, 11) is 0. The second-order valence-corrected chi connectivity index (χ2v) is 11.5. The lowest BCUT2D eigenvalue weighted by atomic mass is 10.00. The third-order valence-electron chi connectivity index (χ3n) is 7.37. The van der Waals surface area contributed by atoms with Crippen molar-refractivity contribution in [2.24, 2.45) is 22.0 Å². The number of nitrogens with one attached hydrogen (secondary N) is 2. The molecule has 0 bridgehead atoms. The Bertz CT molecular complexity index is 1410. The number of aryl methyl sites for hydroxylation is 1. The van der Waals surface area contributed by atoms with Gasteiger partial charge in [0, 0.05) is 42.7 Å². The highest BCUT2D eigenvalue weighted by Gasteiger charge is 2.58. The van der Waals surface area contributed by atoms with Gasteiger partial charge in [-0.1, -0.05) is 6.92 Å². The molecule has 6 rings (SSSR count). The van der Waals surface area contributed by atoms with Gasteiger partial charge in [-0.3, -0.25) is 23.6 Å². The van der Waals surface area contributed by atoms with Crippen molar-refractivity contribution >= 4 is 40.9 Å². The van der Waals surface area contributed by atoms with Gasteiger partial charge in [-0.15, -0.1) is 0 Å². The van der Waals surface area contributed by atoms with E-state index in [1.165, 1.54) is 23.2 Å². The molecule has 0 spiro atoms. The summed E-state index contributed by atoms with van der Waals surface area (Å²) in [5.41, 5.74) is 9.67. The van der Waals surface area contributed by atoms with E-state index in [1.807, 2.05) is 17.5 Å². The van der Waals surface area contributed by atoms with Crippen LogP contribution in [0.5, 0.6) is 0 Å². The summed E-state index contributed by atoms with van der Waals surface area (Å²) in [6.07, 6.45) is 9.81. The molecule has 2 aliphatic heterocycles. The lowest BCUT2D eigenvalue weighted by Gasteiger charge is -2.30. The van der Waals surface area contributed by atoms with E-state index in [-0.39, 0.29) is 19.0 Å². The number of imidazole rings is 1. The van der Waals surface area contributed by atoms with E-state index in [1.54, 1.807) is 30.5 Å². The molecule has 0 aromatic carbocycles. The van der Waals surface area contributed by atoms with Gasteiger partial charge in [-0.05, 0) is 44.2 Å². The van der Waals surface area contributed by atoms with Crippen LogP contribution in [0.2, 0.25) is 0 Å². The number of rotatable bonds is 9. The first-order valence-electron chi connectivity index (χ1n) is 13.0. The minimum absolute atomic E-state index is 0.0141. The first-order valence-corrected chi connectivity index (χ1v) is 13.8. The molecule has 2 amide bonds. The highest BCUT2D eigenvalue weighted by Crippen LogP contribution is 2.51. The minimum Gasteiger partial charge on any atom is -0.368 e. The van der Waals surface area contributed by atoms with Crippen molar-refractivity contribution in [3.63, 3.8) is 0 Å². The zero-order chi connectivity index (χ0) is 26.4. The maximum absolute atomic E-state index is 12.0. The number of aromatic nitrogens is 5. The number of piperidine rings is 1. The van der Waals surface area contributed by atoms with E-state index >= 15 is 0 Å². The number of likely N-dealkylation sites (tertiary alicyclic amines) is 1. The molecule has 3 aromatic rings. The molecule has 3 aliphatic rings. The van der Waals surface area contributed by atoms with Crippen LogP contribution in [0.25, 0.3) is 16.9 Å². The van der Waals surface area contributed by atoms with Crippen LogP contribution in [0.3, 0.4) is 0 Å². The average molecular weight is 537 g/mol. The van der Waals surface area contributed by atoms with Crippen molar-refractivity contribution in [2.45, 2.75) is 44.5 Å². The van der Waals surface area contributed by atoms with Crippen molar-refractivity contribution in [1.82, 2.24) is 34.4 Å². The molecule has 1 saturated heterocycles. The summed E-state index contributed by atoms with van der Waals surface area (Å²) < 4.78 is 8.32. The summed E-state index contributed by atoms with van der Waals surface area (Å²) in [4.78, 5) is 34.9. The molecule has 12 nitrogen and oxygen atoms in total. The Morgan fingerprint density at radius 1 is 1.26 bits per heavy atom. The number of fused-ring (bicyclic) bond motifs is 2. The molecule has 1 aliphatic carbocycles. The van der Waals surface area contributed by atoms with Gasteiger partial charge in [-0.2, -0.15) is 5.10 Å². The monoisotopic (exact) mass is 536 g/mol. The fourth-order valence-electron chi connectivity index (χ4n) is 5.51. The Morgan fingerprint density at radius 3 is 2.95 bits per heavy atom. The maximum Gasteiger partial charge on any atom is 0.242 e. The largest absolute Gasteiger partial charge is 0.368 e. The highest BCUT2D eigenvalue weighted by molar-refractivity contribution is 7.99. The highest BCUT2D eigenvalue weighted by atomic mass is 32.2. The summed E-state index contributed by atoms with van der Waals surface area (Å²) >= 11 is 1.69. The van der Waals surface area contributed by atoms with E-state index in [0.29, 0.717) is 17.2 Å². The first-order chi connectivity index (χ1) is 18.4. The second-order valence-electron chi connectivity index (χ2n) is 10.6. The van der Waals surface area contributed by atoms with Gasteiger partial charge >= 0.3 is 0 Å². The fraction of sp³-hybridized carbons (Fsp3) is 0.520. The molecule has 4 atom stereocenters. The molecule has 5 heterocycles. The maximum atomic E-state index is 12.0. The molecule has 13 heteroatoms. The number of amides is 2. The number of nitrogens with two attached hydrogens (primary N) is 1. The van der Waals surface area contributed by atoms with Crippen LogP contribution in [0.4, 0.5) is 5.82 Å². The molecule has 3 aromatic heterocycles. The molecule has 4 N–H and O–H groups in total. The molecule has 200 valence electrons. The summed E-state index contributed by atoms with van der Waals surface area (Å²) in [5.74, 6) is 1.03. The van der Waals surface area contributed by atoms with Crippen LogP contribution in [0.15, 0.2) is 29.2 Å². The van der Waals surface area contributed by atoms with Crippen LogP contribution >= 0.6 is 11.9 Å². The zero-order valence-electron chi connectivity index (χ0n) is 21.5. The third-order valence-corrected chi connectivity index (χ3v) is 8.54.